The first-order valence-electron chi connectivity index (χ1n) is 4.31. The second kappa shape index (κ2) is 6.88. The van der Waals surface area contributed by atoms with Gasteiger partial charge in [-0.2, -0.15) is 0 Å². The molecule has 0 saturated carbocycles. The minimum absolute atomic E-state index is 0.102. The highest BCUT2D eigenvalue weighted by Crippen LogP contribution is 1.87. The fourth-order valence-corrected chi connectivity index (χ4v) is 0.747. The Morgan fingerprint density at radius 2 is 1.71 bits per heavy atom. The van der Waals surface area contributed by atoms with Crippen LogP contribution in [0.1, 0.15) is 19.8 Å². The van der Waals surface area contributed by atoms with E-state index < -0.39 is 11.9 Å². The third-order valence-corrected chi connectivity index (χ3v) is 1.39. The van der Waals surface area contributed by atoms with Crippen LogP contribution in [0.5, 0.6) is 0 Å². The van der Waals surface area contributed by atoms with Crippen LogP contribution in [0.4, 0.5) is 0 Å². The van der Waals surface area contributed by atoms with Gasteiger partial charge in [-0.1, -0.05) is 0 Å². The molecule has 0 atom stereocenters. The molecule has 14 heavy (non-hydrogen) atoms. The molecule has 0 unspecified atom stereocenters. The van der Waals surface area contributed by atoms with Crippen molar-refractivity contribution in [3.8, 4) is 0 Å². The number of carbonyl (C=O) groups is 3. The zero-order valence-corrected chi connectivity index (χ0v) is 8.00. The number of hydrogen-bond donors (Lipinski definition) is 3. The fourth-order valence-electron chi connectivity index (χ4n) is 0.747. The van der Waals surface area contributed by atoms with Gasteiger partial charge in [0.1, 0.15) is 0 Å². The number of hydrogen-bond acceptors (Lipinski definition) is 3. The molecule has 0 rings (SSSR count). The van der Waals surface area contributed by atoms with Crippen LogP contribution in [0.2, 0.25) is 0 Å². The Morgan fingerprint density at radius 3 is 2.21 bits per heavy atom. The zero-order valence-electron chi connectivity index (χ0n) is 8.00. The number of carboxylic acids is 1. The molecule has 0 aliphatic carbocycles. The van der Waals surface area contributed by atoms with E-state index in [9.17, 15) is 14.4 Å². The number of amides is 2. The van der Waals surface area contributed by atoms with Crippen molar-refractivity contribution in [2.75, 3.05) is 13.1 Å². The Balaban J connectivity index is 3.53. The first kappa shape index (κ1) is 12.4. The Hall–Kier alpha value is -1.59. The quantitative estimate of drug-likeness (QED) is 0.520. The monoisotopic (exact) mass is 202 g/mol. The van der Waals surface area contributed by atoms with Gasteiger partial charge in [0, 0.05) is 13.0 Å². The summed E-state index contributed by atoms with van der Waals surface area (Å²) in [6.07, 6.45) is -0.323. The summed E-state index contributed by atoms with van der Waals surface area (Å²) in [6.45, 7) is 2.17. The largest absolute Gasteiger partial charge is 0.481 e. The van der Waals surface area contributed by atoms with E-state index in [4.69, 9.17) is 5.11 Å². The van der Waals surface area contributed by atoms with Crippen molar-refractivity contribution >= 4 is 17.8 Å². The van der Waals surface area contributed by atoms with E-state index in [1.54, 1.807) is 6.92 Å². The number of aliphatic carboxylic acids is 1. The molecule has 0 aliphatic rings. The van der Waals surface area contributed by atoms with Crippen LogP contribution < -0.4 is 10.6 Å². The summed E-state index contributed by atoms with van der Waals surface area (Å²) in [5, 5.41) is 13.1. The van der Waals surface area contributed by atoms with Crippen LogP contribution in [0, 0.1) is 0 Å². The minimum atomic E-state index is -1.03. The zero-order chi connectivity index (χ0) is 11.0. The van der Waals surface area contributed by atoms with Gasteiger partial charge < -0.3 is 15.7 Å². The van der Waals surface area contributed by atoms with Crippen molar-refractivity contribution in [1.82, 2.24) is 10.6 Å². The number of likely N-dealkylation sites (N-methyl/N-ethyl adjacent to an activating group) is 1. The third-order valence-electron chi connectivity index (χ3n) is 1.39. The van der Waals surface area contributed by atoms with Crippen LogP contribution in [-0.2, 0) is 14.4 Å². The summed E-state index contributed by atoms with van der Waals surface area (Å²) >= 11 is 0. The molecule has 0 aromatic heterocycles. The van der Waals surface area contributed by atoms with Gasteiger partial charge in [-0.3, -0.25) is 14.4 Å². The first-order chi connectivity index (χ1) is 6.56. The predicted molar refractivity (Wildman–Crippen MR) is 48.6 cm³/mol. The SMILES string of the molecule is CCNC(=O)CNC(=O)CCC(=O)O. The van der Waals surface area contributed by atoms with Crippen molar-refractivity contribution < 1.29 is 19.5 Å². The minimum Gasteiger partial charge on any atom is -0.481 e. The number of rotatable bonds is 6. The molecule has 3 N–H and O–H groups in total. The third kappa shape index (κ3) is 7.08. The molecule has 0 spiro atoms. The number of carbonyl (C=O) groups excluding carboxylic acids is 2. The molecule has 0 fully saturated rings. The summed E-state index contributed by atoms with van der Waals surface area (Å²) in [7, 11) is 0. The van der Waals surface area contributed by atoms with Gasteiger partial charge in [0.05, 0.1) is 13.0 Å². The van der Waals surface area contributed by atoms with E-state index in [-0.39, 0.29) is 25.3 Å². The van der Waals surface area contributed by atoms with Gasteiger partial charge in [-0.15, -0.1) is 0 Å². The normalized spacial score (nSPS) is 9.21. The molecule has 6 heteroatoms. The maximum absolute atomic E-state index is 10.9. The summed E-state index contributed by atoms with van der Waals surface area (Å²) in [6, 6.07) is 0. The molecular formula is C8H14N2O4. The molecule has 0 aliphatic heterocycles. The summed E-state index contributed by atoms with van der Waals surface area (Å²) in [5.74, 6) is -1.74. The Labute approximate surface area is 81.7 Å². The highest BCUT2D eigenvalue weighted by molar-refractivity contribution is 5.86. The van der Waals surface area contributed by atoms with Crippen molar-refractivity contribution in [2.45, 2.75) is 19.8 Å². The van der Waals surface area contributed by atoms with E-state index >= 15 is 0 Å². The first-order valence-corrected chi connectivity index (χ1v) is 4.31. The molecule has 0 heterocycles. The number of carboxylic acid groups (broad SMARTS) is 1. The van der Waals surface area contributed by atoms with Crippen LogP contribution in [0.15, 0.2) is 0 Å². The second-order valence-corrected chi connectivity index (χ2v) is 2.62. The lowest BCUT2D eigenvalue weighted by molar-refractivity contribution is -0.138. The highest BCUT2D eigenvalue weighted by atomic mass is 16.4. The lowest BCUT2D eigenvalue weighted by atomic mass is 10.3. The molecule has 0 aromatic rings. The Bertz CT molecular complexity index is 227. The molecule has 0 radical (unpaired) electrons. The van der Waals surface area contributed by atoms with Crippen LogP contribution in [-0.4, -0.2) is 36.0 Å². The maximum Gasteiger partial charge on any atom is 0.303 e. The summed E-state index contributed by atoms with van der Waals surface area (Å²) in [5.41, 5.74) is 0. The van der Waals surface area contributed by atoms with Crippen molar-refractivity contribution in [1.29, 1.82) is 0 Å². The molecular weight excluding hydrogens is 188 g/mol. The van der Waals surface area contributed by atoms with Gasteiger partial charge in [-0.05, 0) is 6.92 Å². The predicted octanol–water partition coefficient (Wildman–Crippen LogP) is -0.896. The maximum atomic E-state index is 10.9. The van der Waals surface area contributed by atoms with E-state index in [0.29, 0.717) is 6.54 Å². The summed E-state index contributed by atoms with van der Waals surface area (Å²) < 4.78 is 0. The van der Waals surface area contributed by atoms with Gasteiger partial charge in [0.2, 0.25) is 11.8 Å². The topological polar surface area (TPSA) is 95.5 Å². The summed E-state index contributed by atoms with van der Waals surface area (Å²) in [4.78, 5) is 31.8. The van der Waals surface area contributed by atoms with Crippen LogP contribution >= 0.6 is 0 Å². The molecule has 0 bridgehead atoms. The molecule has 0 aromatic carbocycles. The average Bonchev–Trinajstić information content (AvgIpc) is 2.12. The van der Waals surface area contributed by atoms with Crippen molar-refractivity contribution in [2.24, 2.45) is 0 Å². The molecule has 80 valence electrons. The van der Waals surface area contributed by atoms with Crippen molar-refractivity contribution in [3.63, 3.8) is 0 Å². The fraction of sp³-hybridized carbons (Fsp3) is 0.625. The molecule has 0 saturated heterocycles. The van der Waals surface area contributed by atoms with E-state index in [1.165, 1.54) is 0 Å². The van der Waals surface area contributed by atoms with Gasteiger partial charge >= 0.3 is 5.97 Å². The second-order valence-electron chi connectivity index (χ2n) is 2.62. The van der Waals surface area contributed by atoms with E-state index in [0.717, 1.165) is 0 Å². The lowest BCUT2D eigenvalue weighted by Gasteiger charge is -2.03. The number of nitrogens with one attached hydrogen (secondary N) is 2. The van der Waals surface area contributed by atoms with E-state index in [2.05, 4.69) is 10.6 Å². The average molecular weight is 202 g/mol. The Morgan fingerprint density at radius 1 is 1.07 bits per heavy atom. The van der Waals surface area contributed by atoms with Crippen LogP contribution in [0.25, 0.3) is 0 Å². The Kier molecular flexibility index (Phi) is 6.09. The lowest BCUT2D eigenvalue weighted by Crippen LogP contribution is -2.36. The van der Waals surface area contributed by atoms with Gasteiger partial charge in [0.15, 0.2) is 0 Å². The standard InChI is InChI=1S/C8H14N2O4/c1-2-9-7(12)5-10-6(11)3-4-8(13)14/h2-5H2,1H3,(H,9,12)(H,10,11)(H,13,14). The van der Waals surface area contributed by atoms with E-state index in [1.807, 2.05) is 0 Å². The smallest absolute Gasteiger partial charge is 0.303 e. The highest BCUT2D eigenvalue weighted by Gasteiger charge is 2.06. The van der Waals surface area contributed by atoms with Crippen molar-refractivity contribution in [3.05, 3.63) is 0 Å². The van der Waals surface area contributed by atoms with Gasteiger partial charge in [-0.25, -0.2) is 0 Å². The molecule has 2 amide bonds. The van der Waals surface area contributed by atoms with Crippen LogP contribution in [0.3, 0.4) is 0 Å². The van der Waals surface area contributed by atoms with Gasteiger partial charge in [0.25, 0.3) is 0 Å². The molecule has 6 nitrogen and oxygen atoms in total.